The lowest BCUT2D eigenvalue weighted by atomic mass is 10.1. The van der Waals surface area contributed by atoms with Crippen molar-refractivity contribution in [3.05, 3.63) is 63.7 Å². The SMILES string of the molecule is CCC(C)NC(=O)C(C)N(Cc1cccc(C)c1)C(=O)COc1cc(C)c(Cl)c(C)c1. The van der Waals surface area contributed by atoms with Crippen LogP contribution in [0, 0.1) is 20.8 Å². The third kappa shape index (κ3) is 7.00. The van der Waals surface area contributed by atoms with Gasteiger partial charge in [-0.3, -0.25) is 9.59 Å². The Kier molecular flexibility index (Phi) is 8.93. The predicted molar refractivity (Wildman–Crippen MR) is 126 cm³/mol. The highest BCUT2D eigenvalue weighted by Crippen LogP contribution is 2.26. The maximum absolute atomic E-state index is 13.1. The van der Waals surface area contributed by atoms with Crippen LogP contribution in [0.3, 0.4) is 0 Å². The van der Waals surface area contributed by atoms with Crippen LogP contribution in [0.2, 0.25) is 5.02 Å². The molecule has 0 aliphatic heterocycles. The molecule has 0 bridgehead atoms. The van der Waals surface area contributed by atoms with Gasteiger partial charge in [0, 0.05) is 17.6 Å². The summed E-state index contributed by atoms with van der Waals surface area (Å²) in [7, 11) is 0. The van der Waals surface area contributed by atoms with Crippen LogP contribution in [-0.2, 0) is 16.1 Å². The summed E-state index contributed by atoms with van der Waals surface area (Å²) in [4.78, 5) is 27.5. The van der Waals surface area contributed by atoms with Crippen molar-refractivity contribution in [1.29, 1.82) is 0 Å². The van der Waals surface area contributed by atoms with Crippen LogP contribution in [0.4, 0.5) is 0 Å². The van der Waals surface area contributed by atoms with Crippen LogP contribution in [0.5, 0.6) is 5.75 Å². The highest BCUT2D eigenvalue weighted by molar-refractivity contribution is 6.32. The fraction of sp³-hybridized carbons (Fsp3) is 0.440. The zero-order chi connectivity index (χ0) is 23.1. The monoisotopic (exact) mass is 444 g/mol. The van der Waals surface area contributed by atoms with Crippen LogP contribution in [-0.4, -0.2) is 35.4 Å². The Morgan fingerprint density at radius 3 is 2.32 bits per heavy atom. The quantitative estimate of drug-likeness (QED) is 0.593. The number of carbonyl (C=O) groups is 2. The molecule has 0 fully saturated rings. The van der Waals surface area contributed by atoms with Crippen molar-refractivity contribution in [3.8, 4) is 5.75 Å². The second-order valence-electron chi connectivity index (χ2n) is 8.16. The first kappa shape index (κ1) is 24.7. The summed E-state index contributed by atoms with van der Waals surface area (Å²) in [5.41, 5.74) is 3.85. The Hall–Kier alpha value is -2.53. The van der Waals surface area contributed by atoms with E-state index in [0.29, 0.717) is 17.3 Å². The van der Waals surface area contributed by atoms with E-state index < -0.39 is 6.04 Å². The number of rotatable bonds is 9. The molecule has 2 aromatic rings. The molecule has 0 radical (unpaired) electrons. The van der Waals surface area contributed by atoms with Gasteiger partial charge in [0.25, 0.3) is 5.91 Å². The maximum atomic E-state index is 13.1. The lowest BCUT2D eigenvalue weighted by Crippen LogP contribution is -2.50. The van der Waals surface area contributed by atoms with Gasteiger partial charge in [-0.15, -0.1) is 0 Å². The number of aryl methyl sites for hydroxylation is 3. The summed E-state index contributed by atoms with van der Waals surface area (Å²) in [6, 6.07) is 11.0. The molecule has 2 amide bonds. The van der Waals surface area contributed by atoms with Crippen molar-refractivity contribution >= 4 is 23.4 Å². The number of ether oxygens (including phenoxy) is 1. The Balaban J connectivity index is 2.19. The number of benzene rings is 2. The molecule has 0 saturated heterocycles. The molecule has 5 nitrogen and oxygen atoms in total. The fourth-order valence-electron chi connectivity index (χ4n) is 3.27. The van der Waals surface area contributed by atoms with Gasteiger partial charge in [-0.1, -0.05) is 48.4 Å². The summed E-state index contributed by atoms with van der Waals surface area (Å²) < 4.78 is 5.78. The van der Waals surface area contributed by atoms with Gasteiger partial charge in [-0.25, -0.2) is 0 Å². The summed E-state index contributed by atoms with van der Waals surface area (Å²) >= 11 is 6.22. The first-order valence-corrected chi connectivity index (χ1v) is 11.0. The summed E-state index contributed by atoms with van der Waals surface area (Å²) in [6.45, 7) is 11.7. The molecule has 31 heavy (non-hydrogen) atoms. The van der Waals surface area contributed by atoms with E-state index in [4.69, 9.17) is 16.3 Å². The topological polar surface area (TPSA) is 58.6 Å². The molecule has 0 aliphatic carbocycles. The van der Waals surface area contributed by atoms with Crippen molar-refractivity contribution in [1.82, 2.24) is 10.2 Å². The minimum absolute atomic E-state index is 0.0436. The Labute approximate surface area is 190 Å². The Morgan fingerprint density at radius 1 is 1.10 bits per heavy atom. The van der Waals surface area contributed by atoms with E-state index in [2.05, 4.69) is 5.32 Å². The smallest absolute Gasteiger partial charge is 0.261 e. The second-order valence-corrected chi connectivity index (χ2v) is 8.54. The standard InChI is InChI=1S/C25H33ClN2O3/c1-7-19(5)27-25(30)20(6)28(14-21-10-8-9-16(2)11-21)23(29)15-31-22-12-17(3)24(26)18(4)13-22/h8-13,19-20H,7,14-15H2,1-6H3,(H,27,30). The number of nitrogens with zero attached hydrogens (tertiary/aromatic N) is 1. The molecule has 2 rings (SSSR count). The van der Waals surface area contributed by atoms with E-state index in [1.807, 2.05) is 71.0 Å². The highest BCUT2D eigenvalue weighted by atomic mass is 35.5. The van der Waals surface area contributed by atoms with Crippen LogP contribution >= 0.6 is 11.6 Å². The molecule has 1 N–H and O–H groups in total. The molecule has 2 unspecified atom stereocenters. The lowest BCUT2D eigenvalue weighted by molar-refractivity contribution is -0.142. The Morgan fingerprint density at radius 2 is 1.74 bits per heavy atom. The minimum atomic E-state index is -0.626. The van der Waals surface area contributed by atoms with Gasteiger partial charge in [0.2, 0.25) is 5.91 Å². The van der Waals surface area contributed by atoms with Crippen LogP contribution in [0.15, 0.2) is 36.4 Å². The van der Waals surface area contributed by atoms with Crippen molar-refractivity contribution in [2.75, 3.05) is 6.61 Å². The van der Waals surface area contributed by atoms with Crippen molar-refractivity contribution in [3.63, 3.8) is 0 Å². The van der Waals surface area contributed by atoms with E-state index in [1.165, 1.54) is 0 Å². The van der Waals surface area contributed by atoms with Crippen LogP contribution < -0.4 is 10.1 Å². The molecule has 168 valence electrons. The molecule has 0 heterocycles. The van der Waals surface area contributed by atoms with Gasteiger partial charge < -0.3 is 15.0 Å². The van der Waals surface area contributed by atoms with Crippen LogP contribution in [0.25, 0.3) is 0 Å². The Bertz CT molecular complexity index is 906. The minimum Gasteiger partial charge on any atom is -0.484 e. The fourth-order valence-corrected chi connectivity index (χ4v) is 3.38. The number of hydrogen-bond acceptors (Lipinski definition) is 3. The van der Waals surface area contributed by atoms with Crippen molar-refractivity contribution in [2.24, 2.45) is 0 Å². The summed E-state index contributed by atoms with van der Waals surface area (Å²) in [6.07, 6.45) is 0.822. The van der Waals surface area contributed by atoms with E-state index >= 15 is 0 Å². The molecule has 0 aromatic heterocycles. The number of nitrogens with one attached hydrogen (secondary N) is 1. The van der Waals surface area contributed by atoms with Gasteiger partial charge in [-0.05, 0) is 69.9 Å². The van der Waals surface area contributed by atoms with Gasteiger partial charge >= 0.3 is 0 Å². The number of hydrogen-bond donors (Lipinski definition) is 1. The van der Waals surface area contributed by atoms with E-state index in [-0.39, 0.29) is 24.5 Å². The molecule has 2 atom stereocenters. The van der Waals surface area contributed by atoms with Gasteiger partial charge in [0.1, 0.15) is 11.8 Å². The normalized spacial score (nSPS) is 12.7. The second kappa shape index (κ2) is 11.2. The summed E-state index contributed by atoms with van der Waals surface area (Å²) in [5, 5.41) is 3.66. The molecule has 2 aromatic carbocycles. The van der Waals surface area contributed by atoms with E-state index in [9.17, 15) is 9.59 Å². The molecule has 0 saturated carbocycles. The molecule has 6 heteroatoms. The van der Waals surface area contributed by atoms with Crippen LogP contribution in [0.1, 0.15) is 49.4 Å². The maximum Gasteiger partial charge on any atom is 0.261 e. The lowest BCUT2D eigenvalue weighted by Gasteiger charge is -2.29. The predicted octanol–water partition coefficient (Wildman–Crippen LogP) is 4.98. The number of halogens is 1. The molecular formula is C25H33ClN2O3. The highest BCUT2D eigenvalue weighted by Gasteiger charge is 2.27. The van der Waals surface area contributed by atoms with E-state index in [0.717, 1.165) is 28.7 Å². The number of amides is 2. The van der Waals surface area contributed by atoms with Gasteiger partial charge in [0.15, 0.2) is 6.61 Å². The third-order valence-corrected chi connectivity index (χ3v) is 5.97. The average Bonchev–Trinajstić information content (AvgIpc) is 2.73. The number of carbonyl (C=O) groups excluding carboxylic acids is 2. The van der Waals surface area contributed by atoms with Crippen molar-refractivity contribution < 1.29 is 14.3 Å². The van der Waals surface area contributed by atoms with Gasteiger partial charge in [0.05, 0.1) is 0 Å². The van der Waals surface area contributed by atoms with Gasteiger partial charge in [-0.2, -0.15) is 0 Å². The molecular weight excluding hydrogens is 412 g/mol. The first-order chi connectivity index (χ1) is 14.6. The van der Waals surface area contributed by atoms with E-state index in [1.54, 1.807) is 11.8 Å². The zero-order valence-electron chi connectivity index (χ0n) is 19.3. The van der Waals surface area contributed by atoms with Crippen molar-refractivity contribution in [2.45, 2.75) is 66.6 Å². The molecule has 0 aliphatic rings. The first-order valence-electron chi connectivity index (χ1n) is 10.7. The third-order valence-electron chi connectivity index (χ3n) is 5.38. The average molecular weight is 445 g/mol. The summed E-state index contributed by atoms with van der Waals surface area (Å²) in [5.74, 6) is 0.159. The molecule has 0 spiro atoms. The largest absolute Gasteiger partial charge is 0.484 e. The zero-order valence-corrected chi connectivity index (χ0v) is 20.0.